The van der Waals surface area contributed by atoms with Crippen LogP contribution < -0.4 is 0 Å². The van der Waals surface area contributed by atoms with Gasteiger partial charge in [-0.2, -0.15) is 0 Å². The van der Waals surface area contributed by atoms with E-state index in [2.05, 4.69) is 79.3 Å². The standard InChI is InChI=1S/C21H50O3Si4/c1-19(13-15-25(3,4)5)27(9,10)17-23-21(22)24-18-28(11,12)20(2)14-16-26(6,7)8/h19-20H,13-18H2,1-12H3. The second-order valence-electron chi connectivity index (χ2n) is 12.8. The Bertz CT molecular complexity index is 437. The van der Waals surface area contributed by atoms with Gasteiger partial charge in [-0.05, 0) is 11.1 Å². The van der Waals surface area contributed by atoms with Crippen LogP contribution in [0.4, 0.5) is 4.79 Å². The van der Waals surface area contributed by atoms with Crippen molar-refractivity contribution >= 4 is 38.5 Å². The Hall–Kier alpha value is 0.138. The first-order valence-corrected chi connectivity index (χ1v) is 25.1. The van der Waals surface area contributed by atoms with Gasteiger partial charge in [-0.15, -0.1) is 0 Å². The molecule has 0 heterocycles. The van der Waals surface area contributed by atoms with Crippen LogP contribution in [-0.2, 0) is 9.47 Å². The van der Waals surface area contributed by atoms with Gasteiger partial charge in [0.15, 0.2) is 0 Å². The molecule has 0 aliphatic rings. The summed E-state index contributed by atoms with van der Waals surface area (Å²) in [6.07, 6.45) is 3.23. The van der Waals surface area contributed by atoms with Crippen molar-refractivity contribution < 1.29 is 14.3 Å². The molecule has 0 aliphatic carbocycles. The Balaban J connectivity index is 4.42. The van der Waals surface area contributed by atoms with Crippen LogP contribution in [-0.4, -0.2) is 50.9 Å². The fraction of sp³-hybridized carbons (Fsp3) is 0.952. The smallest absolute Gasteiger partial charge is 0.438 e. The van der Waals surface area contributed by atoms with Crippen molar-refractivity contribution in [2.45, 2.75) is 115 Å². The minimum Gasteiger partial charge on any atom is -0.438 e. The minimum atomic E-state index is -1.58. The first-order valence-electron chi connectivity index (χ1n) is 11.2. The van der Waals surface area contributed by atoms with E-state index in [1.165, 1.54) is 24.9 Å². The lowest BCUT2D eigenvalue weighted by atomic mass is 10.4. The molecule has 2 unspecified atom stereocenters. The van der Waals surface area contributed by atoms with Crippen LogP contribution in [0.25, 0.3) is 0 Å². The molecule has 0 aromatic heterocycles. The van der Waals surface area contributed by atoms with Gasteiger partial charge in [0.05, 0.1) is 28.6 Å². The van der Waals surface area contributed by atoms with Crippen LogP contribution in [0.2, 0.25) is 88.6 Å². The third-order valence-electron chi connectivity index (χ3n) is 6.45. The molecule has 0 aromatic carbocycles. The van der Waals surface area contributed by atoms with Crippen LogP contribution in [0, 0.1) is 0 Å². The van der Waals surface area contributed by atoms with Gasteiger partial charge in [0.2, 0.25) is 0 Å². The average Bonchev–Trinajstić information content (AvgIpc) is 2.52. The molecule has 0 fully saturated rings. The fourth-order valence-corrected chi connectivity index (χ4v) is 9.47. The third kappa shape index (κ3) is 12.6. The molecular weight excluding hydrogens is 413 g/mol. The van der Waals surface area contributed by atoms with Crippen LogP contribution in [0.5, 0.6) is 0 Å². The number of hydrogen-bond donors (Lipinski definition) is 0. The zero-order valence-corrected chi connectivity index (χ0v) is 25.1. The van der Waals surface area contributed by atoms with Gasteiger partial charge in [-0.25, -0.2) is 4.79 Å². The summed E-state index contributed by atoms with van der Waals surface area (Å²) < 4.78 is 11.2. The van der Waals surface area contributed by atoms with E-state index in [0.717, 1.165) is 0 Å². The molecule has 0 aromatic rings. The average molecular weight is 463 g/mol. The van der Waals surface area contributed by atoms with Gasteiger partial charge in [0, 0.05) is 16.1 Å². The van der Waals surface area contributed by atoms with E-state index in [4.69, 9.17) is 9.47 Å². The zero-order chi connectivity index (χ0) is 22.4. The summed E-state index contributed by atoms with van der Waals surface area (Å²) in [6, 6.07) is 2.70. The van der Waals surface area contributed by atoms with Gasteiger partial charge in [-0.1, -0.05) is 104 Å². The maximum absolute atomic E-state index is 12.2. The van der Waals surface area contributed by atoms with Gasteiger partial charge < -0.3 is 9.47 Å². The highest BCUT2D eigenvalue weighted by Crippen LogP contribution is 2.31. The number of hydrogen-bond acceptors (Lipinski definition) is 3. The van der Waals surface area contributed by atoms with Crippen molar-refractivity contribution in [3.63, 3.8) is 0 Å². The van der Waals surface area contributed by atoms with E-state index >= 15 is 0 Å². The summed E-state index contributed by atoms with van der Waals surface area (Å²) in [7, 11) is -5.19. The molecule has 0 aliphatic heterocycles. The Kier molecular flexibility index (Phi) is 11.0. The van der Waals surface area contributed by atoms with Crippen LogP contribution in [0.1, 0.15) is 26.7 Å². The highest BCUT2D eigenvalue weighted by molar-refractivity contribution is 6.80. The molecule has 7 heteroatoms. The van der Waals surface area contributed by atoms with Crippen molar-refractivity contribution in [3.05, 3.63) is 0 Å². The van der Waals surface area contributed by atoms with E-state index < -0.39 is 38.5 Å². The molecule has 0 spiro atoms. The van der Waals surface area contributed by atoms with Crippen molar-refractivity contribution in [3.8, 4) is 0 Å². The Morgan fingerprint density at radius 2 is 0.929 bits per heavy atom. The minimum absolute atomic E-state index is 0.448. The van der Waals surface area contributed by atoms with Crippen molar-refractivity contribution in [1.29, 1.82) is 0 Å². The molecule has 0 N–H and O–H groups in total. The highest BCUT2D eigenvalue weighted by Gasteiger charge is 2.34. The van der Waals surface area contributed by atoms with E-state index in [1.807, 2.05) is 0 Å². The molecule has 0 bridgehead atoms. The Labute approximate surface area is 180 Å². The van der Waals surface area contributed by atoms with E-state index in [0.29, 0.717) is 23.5 Å². The molecule has 0 saturated heterocycles. The molecule has 0 radical (unpaired) electrons. The Morgan fingerprint density at radius 3 is 1.18 bits per heavy atom. The first kappa shape index (κ1) is 28.1. The lowest BCUT2D eigenvalue weighted by Gasteiger charge is -2.32. The number of ether oxygens (including phenoxy) is 2. The predicted octanol–water partition coefficient (Wildman–Crippen LogP) is 7.87. The quantitative estimate of drug-likeness (QED) is 0.218. The molecule has 3 nitrogen and oxygen atoms in total. The zero-order valence-electron chi connectivity index (χ0n) is 21.1. The van der Waals surface area contributed by atoms with Crippen LogP contribution in [0.3, 0.4) is 0 Å². The fourth-order valence-electron chi connectivity index (χ4n) is 2.90. The molecule has 168 valence electrons. The van der Waals surface area contributed by atoms with Gasteiger partial charge in [0.25, 0.3) is 0 Å². The van der Waals surface area contributed by atoms with Gasteiger partial charge >= 0.3 is 6.16 Å². The van der Waals surface area contributed by atoms with E-state index in [9.17, 15) is 4.79 Å². The molecule has 28 heavy (non-hydrogen) atoms. The number of carbonyl (C=O) groups is 1. The Morgan fingerprint density at radius 1 is 0.643 bits per heavy atom. The summed E-state index contributed by atoms with van der Waals surface area (Å²) in [5.41, 5.74) is 1.33. The van der Waals surface area contributed by atoms with Gasteiger partial charge in [0.1, 0.15) is 0 Å². The van der Waals surface area contributed by atoms with Crippen LogP contribution in [0.15, 0.2) is 0 Å². The van der Waals surface area contributed by atoms with Crippen molar-refractivity contribution in [1.82, 2.24) is 0 Å². The lowest BCUT2D eigenvalue weighted by molar-refractivity contribution is 0.0772. The summed E-state index contributed by atoms with van der Waals surface area (Å²) in [5, 5.41) is 0. The molecule has 0 rings (SSSR count). The van der Waals surface area contributed by atoms with Gasteiger partial charge in [-0.3, -0.25) is 0 Å². The topological polar surface area (TPSA) is 35.5 Å². The maximum Gasteiger partial charge on any atom is 0.507 e. The monoisotopic (exact) mass is 462 g/mol. The summed E-state index contributed by atoms with van der Waals surface area (Å²) in [5.74, 6) is 0. The summed E-state index contributed by atoms with van der Waals surface area (Å²) in [6.45, 7) is 28.6. The highest BCUT2D eigenvalue weighted by atomic mass is 28.3. The second kappa shape index (κ2) is 11.0. The molecule has 2 atom stereocenters. The second-order valence-corrected chi connectivity index (χ2v) is 34.6. The molecule has 0 amide bonds. The summed E-state index contributed by atoms with van der Waals surface area (Å²) >= 11 is 0. The number of carbonyl (C=O) groups excluding carboxylic acids is 1. The lowest BCUT2D eigenvalue weighted by Crippen LogP contribution is -2.41. The maximum atomic E-state index is 12.2. The van der Waals surface area contributed by atoms with Crippen molar-refractivity contribution in [2.75, 3.05) is 12.5 Å². The van der Waals surface area contributed by atoms with E-state index in [-0.39, 0.29) is 0 Å². The first-order chi connectivity index (χ1) is 12.4. The largest absolute Gasteiger partial charge is 0.507 e. The molecule has 0 saturated carbocycles. The molecular formula is C21H50O3Si4. The normalized spacial score (nSPS) is 15.9. The SMILES string of the molecule is CC(CC[Si](C)(C)C)[Si](C)(C)COC(=O)OC[Si](C)(C)C(C)CC[Si](C)(C)C. The predicted molar refractivity (Wildman–Crippen MR) is 137 cm³/mol. The summed E-state index contributed by atoms with van der Waals surface area (Å²) in [4.78, 5) is 12.2. The van der Waals surface area contributed by atoms with Crippen LogP contribution >= 0.6 is 0 Å². The van der Waals surface area contributed by atoms with E-state index in [1.54, 1.807) is 0 Å². The number of rotatable bonds is 12. The third-order valence-corrected chi connectivity index (χ3v) is 17.7. The van der Waals surface area contributed by atoms with Crippen molar-refractivity contribution in [2.24, 2.45) is 0 Å².